The molecule has 2 rings (SSSR count). The van der Waals surface area contributed by atoms with E-state index in [1.54, 1.807) is 42.5 Å². The van der Waals surface area contributed by atoms with Crippen LogP contribution in [-0.4, -0.2) is 24.4 Å². The van der Waals surface area contributed by atoms with Gasteiger partial charge in [-0.2, -0.15) is 0 Å². The first-order valence-corrected chi connectivity index (χ1v) is 7.62. The van der Waals surface area contributed by atoms with Gasteiger partial charge >= 0.3 is 5.97 Å². The number of nitrogens with one attached hydrogen (secondary N) is 1. The number of carbonyl (C=O) groups excluding carboxylic acids is 3. The second kappa shape index (κ2) is 8.65. The van der Waals surface area contributed by atoms with Crippen molar-refractivity contribution < 1.29 is 19.1 Å². The molecule has 7 heteroatoms. The van der Waals surface area contributed by atoms with Crippen molar-refractivity contribution in [2.75, 3.05) is 11.9 Å². The standard InChI is InChI=1S/C18H15ClN2O4/c19-13-8-5-12(6-9-13)7-10-17(23)25-11-16(22)21-15-4-2-1-3-14(15)18(20)24/h1-10H,11H2,(H2,20,24)(H,21,22)/b10-7+. The molecular formula is C18H15ClN2O4. The molecular weight excluding hydrogens is 344 g/mol. The molecule has 0 aliphatic rings. The van der Waals surface area contributed by atoms with E-state index in [9.17, 15) is 14.4 Å². The second-order valence-corrected chi connectivity index (χ2v) is 5.39. The van der Waals surface area contributed by atoms with Crippen molar-refractivity contribution in [1.29, 1.82) is 0 Å². The van der Waals surface area contributed by atoms with E-state index in [1.165, 1.54) is 18.2 Å². The summed E-state index contributed by atoms with van der Waals surface area (Å²) in [5, 5.41) is 3.06. The minimum atomic E-state index is -0.673. The summed E-state index contributed by atoms with van der Waals surface area (Å²) in [6.07, 6.45) is 2.74. The SMILES string of the molecule is NC(=O)c1ccccc1NC(=O)COC(=O)/C=C/c1ccc(Cl)cc1. The van der Waals surface area contributed by atoms with Gasteiger partial charge in [-0.3, -0.25) is 9.59 Å². The molecule has 0 spiro atoms. The van der Waals surface area contributed by atoms with E-state index in [-0.39, 0.29) is 11.3 Å². The summed E-state index contributed by atoms with van der Waals surface area (Å²) in [4.78, 5) is 34.7. The predicted molar refractivity (Wildman–Crippen MR) is 95.0 cm³/mol. The number of anilines is 1. The molecule has 2 aromatic carbocycles. The number of halogens is 1. The Hall–Kier alpha value is -3.12. The lowest BCUT2D eigenvalue weighted by molar-refractivity contribution is -0.142. The highest BCUT2D eigenvalue weighted by molar-refractivity contribution is 6.30. The third-order valence-corrected chi connectivity index (χ3v) is 3.35. The normalized spacial score (nSPS) is 10.4. The Morgan fingerprint density at radius 2 is 1.76 bits per heavy atom. The van der Waals surface area contributed by atoms with Crippen LogP contribution >= 0.6 is 11.6 Å². The van der Waals surface area contributed by atoms with E-state index in [1.807, 2.05) is 0 Å². The van der Waals surface area contributed by atoms with Crippen LogP contribution in [-0.2, 0) is 14.3 Å². The van der Waals surface area contributed by atoms with Gasteiger partial charge in [-0.05, 0) is 35.9 Å². The topological polar surface area (TPSA) is 98.5 Å². The third-order valence-electron chi connectivity index (χ3n) is 3.09. The van der Waals surface area contributed by atoms with E-state index in [4.69, 9.17) is 22.1 Å². The van der Waals surface area contributed by atoms with Crippen LogP contribution in [0, 0.1) is 0 Å². The van der Waals surface area contributed by atoms with E-state index in [0.29, 0.717) is 5.02 Å². The monoisotopic (exact) mass is 358 g/mol. The third kappa shape index (κ3) is 5.78. The molecule has 0 saturated heterocycles. The van der Waals surface area contributed by atoms with Crippen LogP contribution in [0.5, 0.6) is 0 Å². The highest BCUT2D eigenvalue weighted by Gasteiger charge is 2.11. The quantitative estimate of drug-likeness (QED) is 0.612. The summed E-state index contributed by atoms with van der Waals surface area (Å²) in [5.74, 6) is -1.92. The maximum absolute atomic E-state index is 11.8. The van der Waals surface area contributed by atoms with Crippen molar-refractivity contribution in [3.63, 3.8) is 0 Å². The molecule has 0 saturated carbocycles. The van der Waals surface area contributed by atoms with Gasteiger partial charge in [0.05, 0.1) is 11.3 Å². The zero-order chi connectivity index (χ0) is 18.2. The maximum atomic E-state index is 11.8. The number of carbonyl (C=O) groups is 3. The van der Waals surface area contributed by atoms with E-state index in [0.717, 1.165) is 5.56 Å². The lowest BCUT2D eigenvalue weighted by Gasteiger charge is -2.08. The Morgan fingerprint density at radius 3 is 2.44 bits per heavy atom. The van der Waals surface area contributed by atoms with E-state index < -0.39 is 24.4 Å². The first-order chi connectivity index (χ1) is 12.0. The van der Waals surface area contributed by atoms with Gasteiger partial charge in [0.25, 0.3) is 11.8 Å². The van der Waals surface area contributed by atoms with Crippen LogP contribution in [0.4, 0.5) is 5.69 Å². The van der Waals surface area contributed by atoms with Crippen molar-refractivity contribution in [3.05, 3.63) is 70.8 Å². The maximum Gasteiger partial charge on any atom is 0.331 e. The molecule has 0 heterocycles. The minimum absolute atomic E-state index is 0.171. The van der Waals surface area contributed by atoms with E-state index >= 15 is 0 Å². The highest BCUT2D eigenvalue weighted by atomic mass is 35.5. The zero-order valence-electron chi connectivity index (χ0n) is 13.1. The summed E-state index contributed by atoms with van der Waals surface area (Å²) in [6.45, 7) is -0.489. The molecule has 128 valence electrons. The van der Waals surface area contributed by atoms with Crippen LogP contribution in [0.2, 0.25) is 5.02 Å². The lowest BCUT2D eigenvalue weighted by atomic mass is 10.1. The zero-order valence-corrected chi connectivity index (χ0v) is 13.8. The van der Waals surface area contributed by atoms with Gasteiger partial charge in [0.1, 0.15) is 0 Å². The molecule has 2 aromatic rings. The van der Waals surface area contributed by atoms with Crippen LogP contribution in [0.3, 0.4) is 0 Å². The minimum Gasteiger partial charge on any atom is -0.452 e. The predicted octanol–water partition coefficient (Wildman–Crippen LogP) is 2.63. The van der Waals surface area contributed by atoms with Gasteiger partial charge in [-0.1, -0.05) is 35.9 Å². The fourth-order valence-electron chi connectivity index (χ4n) is 1.92. The molecule has 0 unspecified atom stereocenters. The van der Waals surface area contributed by atoms with Gasteiger partial charge in [-0.15, -0.1) is 0 Å². The number of para-hydroxylation sites is 1. The molecule has 25 heavy (non-hydrogen) atoms. The first kappa shape index (κ1) is 18.2. The molecule has 0 aliphatic carbocycles. The number of hydrogen-bond acceptors (Lipinski definition) is 4. The second-order valence-electron chi connectivity index (χ2n) is 4.95. The number of nitrogens with two attached hydrogens (primary N) is 1. The Labute approximate surface area is 149 Å². The largest absolute Gasteiger partial charge is 0.452 e. The molecule has 0 aliphatic heterocycles. The fourth-order valence-corrected chi connectivity index (χ4v) is 2.04. The molecule has 0 fully saturated rings. The number of esters is 1. The molecule has 0 atom stereocenters. The van der Waals surface area contributed by atoms with E-state index in [2.05, 4.69) is 5.32 Å². The Kier molecular flexibility index (Phi) is 6.31. The molecule has 0 radical (unpaired) electrons. The number of hydrogen-bond donors (Lipinski definition) is 2. The van der Waals surface area contributed by atoms with Gasteiger partial charge in [0.15, 0.2) is 6.61 Å². The lowest BCUT2D eigenvalue weighted by Crippen LogP contribution is -2.22. The molecule has 6 nitrogen and oxygen atoms in total. The van der Waals surface area contributed by atoms with Gasteiger partial charge < -0.3 is 15.8 Å². The summed E-state index contributed by atoms with van der Waals surface area (Å²) >= 11 is 5.77. The van der Waals surface area contributed by atoms with Crippen molar-refractivity contribution in [1.82, 2.24) is 0 Å². The fraction of sp³-hybridized carbons (Fsp3) is 0.0556. The number of benzene rings is 2. The Bertz CT molecular complexity index is 816. The number of primary amides is 1. The summed E-state index contributed by atoms with van der Waals surface area (Å²) < 4.78 is 4.84. The van der Waals surface area contributed by atoms with Crippen molar-refractivity contribution in [2.45, 2.75) is 0 Å². The summed E-state index contributed by atoms with van der Waals surface area (Å²) in [6, 6.07) is 13.1. The molecule has 0 aromatic heterocycles. The first-order valence-electron chi connectivity index (χ1n) is 7.25. The van der Waals surface area contributed by atoms with Crippen LogP contribution in [0.25, 0.3) is 6.08 Å². The number of amides is 2. The van der Waals surface area contributed by atoms with Crippen LogP contribution < -0.4 is 11.1 Å². The highest BCUT2D eigenvalue weighted by Crippen LogP contribution is 2.14. The van der Waals surface area contributed by atoms with Gasteiger partial charge in [0.2, 0.25) is 0 Å². The van der Waals surface area contributed by atoms with Crippen molar-refractivity contribution in [2.24, 2.45) is 5.73 Å². The van der Waals surface area contributed by atoms with Gasteiger partial charge in [-0.25, -0.2) is 4.79 Å². The van der Waals surface area contributed by atoms with Crippen molar-refractivity contribution >= 4 is 41.1 Å². The Morgan fingerprint density at radius 1 is 1.08 bits per heavy atom. The number of ether oxygens (including phenoxy) is 1. The Balaban J connectivity index is 1.86. The summed E-state index contributed by atoms with van der Waals surface area (Å²) in [5.41, 5.74) is 6.42. The van der Waals surface area contributed by atoms with Crippen LogP contribution in [0.15, 0.2) is 54.6 Å². The van der Waals surface area contributed by atoms with Crippen LogP contribution in [0.1, 0.15) is 15.9 Å². The average molecular weight is 359 g/mol. The number of rotatable bonds is 6. The summed E-state index contributed by atoms with van der Waals surface area (Å²) in [7, 11) is 0. The van der Waals surface area contributed by atoms with Crippen molar-refractivity contribution in [3.8, 4) is 0 Å². The molecule has 0 bridgehead atoms. The average Bonchev–Trinajstić information content (AvgIpc) is 2.59. The van der Waals surface area contributed by atoms with Gasteiger partial charge in [0, 0.05) is 11.1 Å². The molecule has 3 N–H and O–H groups in total. The molecule has 2 amide bonds. The smallest absolute Gasteiger partial charge is 0.331 e.